The van der Waals surface area contributed by atoms with E-state index in [9.17, 15) is 9.59 Å². The molecule has 25 heavy (non-hydrogen) atoms. The van der Waals surface area contributed by atoms with Crippen molar-refractivity contribution < 1.29 is 9.59 Å². The van der Waals surface area contributed by atoms with Gasteiger partial charge in [0.05, 0.1) is 0 Å². The van der Waals surface area contributed by atoms with E-state index in [0.29, 0.717) is 25.2 Å². The van der Waals surface area contributed by atoms with E-state index in [2.05, 4.69) is 10.3 Å². The molecular weight excluding hydrogens is 314 g/mol. The fraction of sp³-hybridized carbons (Fsp3) is 0.350. The van der Waals surface area contributed by atoms with Gasteiger partial charge in [0.15, 0.2) is 0 Å². The van der Waals surface area contributed by atoms with E-state index in [1.54, 1.807) is 11.1 Å². The summed E-state index contributed by atoms with van der Waals surface area (Å²) in [6.45, 7) is 3.15. The third kappa shape index (κ3) is 3.87. The third-order valence-corrected chi connectivity index (χ3v) is 4.56. The highest BCUT2D eigenvalue weighted by molar-refractivity contribution is 5.97. The van der Waals surface area contributed by atoms with Crippen molar-refractivity contribution in [3.63, 3.8) is 0 Å². The molecule has 0 saturated carbocycles. The van der Waals surface area contributed by atoms with E-state index in [4.69, 9.17) is 0 Å². The normalized spacial score (nSPS) is 17.7. The first kappa shape index (κ1) is 17.1. The molecule has 1 N–H and O–H groups in total. The van der Waals surface area contributed by atoms with Gasteiger partial charge < -0.3 is 10.2 Å². The summed E-state index contributed by atoms with van der Waals surface area (Å²) in [5.41, 5.74) is 2.41. The Morgan fingerprint density at radius 1 is 1.24 bits per heavy atom. The molecule has 2 heterocycles. The van der Waals surface area contributed by atoms with E-state index in [1.165, 1.54) is 0 Å². The van der Waals surface area contributed by atoms with Gasteiger partial charge >= 0.3 is 0 Å². The molecule has 1 saturated heterocycles. The molecule has 1 aliphatic heterocycles. The Morgan fingerprint density at radius 3 is 2.80 bits per heavy atom. The fourth-order valence-electron chi connectivity index (χ4n) is 3.21. The van der Waals surface area contributed by atoms with Crippen molar-refractivity contribution in [1.82, 2.24) is 15.2 Å². The average Bonchev–Trinajstić information content (AvgIpc) is 2.84. The Kier molecular flexibility index (Phi) is 5.43. The van der Waals surface area contributed by atoms with Crippen LogP contribution in [0.5, 0.6) is 0 Å². The monoisotopic (exact) mass is 337 g/mol. The van der Waals surface area contributed by atoms with Crippen LogP contribution in [0.25, 0.3) is 0 Å². The van der Waals surface area contributed by atoms with Crippen molar-refractivity contribution in [2.24, 2.45) is 0 Å². The van der Waals surface area contributed by atoms with Crippen LogP contribution in [0.3, 0.4) is 0 Å². The maximum atomic E-state index is 13.2. The second kappa shape index (κ2) is 7.92. The summed E-state index contributed by atoms with van der Waals surface area (Å²) >= 11 is 0. The Hall–Kier alpha value is -2.69. The molecule has 130 valence electrons. The minimum atomic E-state index is -0.510. The smallest absolute Gasteiger partial charge is 0.273 e. The Bertz CT molecular complexity index is 746. The predicted molar refractivity (Wildman–Crippen MR) is 96.2 cm³/mol. The van der Waals surface area contributed by atoms with E-state index in [-0.39, 0.29) is 11.8 Å². The van der Waals surface area contributed by atoms with Crippen LogP contribution < -0.4 is 5.32 Å². The summed E-state index contributed by atoms with van der Waals surface area (Å²) in [6, 6.07) is 13.1. The number of aromatic nitrogens is 1. The van der Waals surface area contributed by atoms with Crippen molar-refractivity contribution in [3.05, 3.63) is 65.5 Å². The molecule has 0 spiro atoms. The zero-order chi connectivity index (χ0) is 17.6. The minimum Gasteiger partial charge on any atom is -0.354 e. The van der Waals surface area contributed by atoms with Crippen molar-refractivity contribution in [3.8, 4) is 0 Å². The maximum Gasteiger partial charge on any atom is 0.273 e. The van der Waals surface area contributed by atoms with Crippen molar-refractivity contribution in [2.75, 3.05) is 13.1 Å². The number of rotatable bonds is 4. The number of carbonyl (C=O) groups is 2. The second-order valence-electron chi connectivity index (χ2n) is 6.21. The molecule has 2 aromatic rings. The van der Waals surface area contributed by atoms with Crippen LogP contribution in [0.1, 0.15) is 35.0 Å². The number of hydrogen-bond acceptors (Lipinski definition) is 3. The van der Waals surface area contributed by atoms with Crippen molar-refractivity contribution in [2.45, 2.75) is 32.2 Å². The van der Waals surface area contributed by atoms with E-state index in [0.717, 1.165) is 24.0 Å². The Morgan fingerprint density at radius 2 is 2.04 bits per heavy atom. The van der Waals surface area contributed by atoms with E-state index < -0.39 is 6.04 Å². The minimum absolute atomic E-state index is 0.0938. The molecule has 5 nitrogen and oxygen atoms in total. The molecule has 1 aromatic heterocycles. The zero-order valence-corrected chi connectivity index (χ0v) is 14.4. The molecule has 2 amide bonds. The second-order valence-corrected chi connectivity index (χ2v) is 6.21. The van der Waals surface area contributed by atoms with Gasteiger partial charge in [-0.3, -0.25) is 14.6 Å². The highest BCUT2D eigenvalue weighted by atomic mass is 16.2. The molecule has 1 aliphatic rings. The van der Waals surface area contributed by atoms with Crippen LogP contribution in [0.2, 0.25) is 0 Å². The van der Waals surface area contributed by atoms with Gasteiger partial charge in [-0.05, 0) is 30.0 Å². The molecule has 1 aromatic carbocycles. The first-order chi connectivity index (χ1) is 12.2. The number of amides is 2. The van der Waals surface area contributed by atoms with Gasteiger partial charge in [0.25, 0.3) is 5.91 Å². The molecular formula is C20H23N3O2. The molecule has 1 atom stereocenters. The number of nitrogens with one attached hydrogen (secondary N) is 1. The lowest BCUT2D eigenvalue weighted by Crippen LogP contribution is -2.48. The van der Waals surface area contributed by atoms with Crippen LogP contribution in [-0.4, -0.2) is 40.8 Å². The lowest BCUT2D eigenvalue weighted by atomic mass is 10.0. The van der Waals surface area contributed by atoms with Gasteiger partial charge in [0.2, 0.25) is 5.91 Å². The zero-order valence-electron chi connectivity index (χ0n) is 14.4. The van der Waals surface area contributed by atoms with Gasteiger partial charge in [-0.15, -0.1) is 0 Å². The van der Waals surface area contributed by atoms with Gasteiger partial charge in [-0.25, -0.2) is 0 Å². The van der Waals surface area contributed by atoms with Crippen LogP contribution in [0.15, 0.2) is 48.7 Å². The fourth-order valence-corrected chi connectivity index (χ4v) is 3.21. The van der Waals surface area contributed by atoms with Crippen LogP contribution >= 0.6 is 0 Å². The Labute approximate surface area is 148 Å². The van der Waals surface area contributed by atoms with E-state index >= 15 is 0 Å². The lowest BCUT2D eigenvalue weighted by Gasteiger charge is -2.29. The summed E-state index contributed by atoms with van der Waals surface area (Å²) in [5.74, 6) is -0.251. The lowest BCUT2D eigenvalue weighted by molar-refractivity contribution is -0.124. The van der Waals surface area contributed by atoms with Crippen molar-refractivity contribution in [1.29, 1.82) is 0 Å². The standard InChI is InChI=1S/C20H23N3O2/c1-2-16-10-6-11-21-18(16)20(25)23-13-7-12-22-19(24)17(23)14-15-8-4-3-5-9-15/h3-6,8-11,17H,2,7,12-14H2,1H3,(H,22,24)/t17-/m1/s1. The van der Waals surface area contributed by atoms with Gasteiger partial charge in [-0.1, -0.05) is 43.3 Å². The van der Waals surface area contributed by atoms with Gasteiger partial charge in [0.1, 0.15) is 11.7 Å². The SMILES string of the molecule is CCc1cccnc1C(=O)N1CCCNC(=O)[C@H]1Cc1ccccc1. The van der Waals surface area contributed by atoms with Gasteiger partial charge in [-0.2, -0.15) is 0 Å². The summed E-state index contributed by atoms with van der Waals surface area (Å²) in [5, 5.41) is 2.93. The molecule has 0 unspecified atom stereocenters. The number of benzene rings is 1. The van der Waals surface area contributed by atoms with Crippen LogP contribution in [0.4, 0.5) is 0 Å². The highest BCUT2D eigenvalue weighted by Gasteiger charge is 2.33. The topological polar surface area (TPSA) is 62.3 Å². The average molecular weight is 337 g/mol. The molecule has 0 bridgehead atoms. The predicted octanol–water partition coefficient (Wildman–Crippen LogP) is 2.22. The van der Waals surface area contributed by atoms with Crippen molar-refractivity contribution >= 4 is 11.8 Å². The summed E-state index contributed by atoms with van der Waals surface area (Å²) in [7, 11) is 0. The molecule has 0 aliphatic carbocycles. The molecule has 1 fully saturated rings. The number of aryl methyl sites for hydroxylation is 1. The summed E-state index contributed by atoms with van der Waals surface area (Å²) < 4.78 is 0. The third-order valence-electron chi connectivity index (χ3n) is 4.56. The van der Waals surface area contributed by atoms with Crippen LogP contribution in [0, 0.1) is 0 Å². The largest absolute Gasteiger partial charge is 0.354 e. The summed E-state index contributed by atoms with van der Waals surface area (Å²) in [4.78, 5) is 31.7. The van der Waals surface area contributed by atoms with Crippen LogP contribution in [-0.2, 0) is 17.6 Å². The number of carbonyl (C=O) groups excluding carboxylic acids is 2. The molecule has 0 radical (unpaired) electrons. The summed E-state index contributed by atoms with van der Waals surface area (Å²) in [6.07, 6.45) is 3.62. The van der Waals surface area contributed by atoms with E-state index in [1.807, 2.05) is 49.4 Å². The molecule has 5 heteroatoms. The van der Waals surface area contributed by atoms with Gasteiger partial charge in [0, 0.05) is 25.7 Å². The quantitative estimate of drug-likeness (QED) is 0.930. The number of nitrogens with zero attached hydrogens (tertiary/aromatic N) is 2. The Balaban J connectivity index is 1.92. The molecule has 3 rings (SSSR count). The number of pyridine rings is 1. The highest BCUT2D eigenvalue weighted by Crippen LogP contribution is 2.17. The first-order valence-electron chi connectivity index (χ1n) is 8.77. The number of hydrogen-bond donors (Lipinski definition) is 1. The maximum absolute atomic E-state index is 13.2. The first-order valence-corrected chi connectivity index (χ1v) is 8.77.